The lowest BCUT2D eigenvalue weighted by molar-refractivity contribution is -0.479. The summed E-state index contributed by atoms with van der Waals surface area (Å²) in [7, 11) is 0. The lowest BCUT2D eigenvalue weighted by atomic mass is 10.2. The van der Waals surface area contributed by atoms with E-state index in [1.54, 1.807) is 13.8 Å². The molecule has 0 bridgehead atoms. The lowest BCUT2D eigenvalue weighted by Gasteiger charge is -1.95. The molecule has 0 aromatic rings. The number of nitro groups is 2. The Morgan fingerprint density at radius 3 is 1.43 bits per heavy atom. The van der Waals surface area contributed by atoms with Gasteiger partial charge in [0.15, 0.2) is 0 Å². The highest BCUT2D eigenvalue weighted by Gasteiger charge is 2.27. The molecule has 0 heterocycles. The molecule has 0 aliphatic carbocycles. The normalized spacial score (nSPS) is 12.7. The van der Waals surface area contributed by atoms with Crippen molar-refractivity contribution in [3.8, 4) is 0 Å². The lowest BCUT2D eigenvalue weighted by Crippen LogP contribution is -2.09. The van der Waals surface area contributed by atoms with Crippen LogP contribution in [0.2, 0.25) is 0 Å². The van der Waals surface area contributed by atoms with Crippen molar-refractivity contribution in [1.82, 2.24) is 0 Å². The average Bonchev–Trinajstić information content (AvgIpc) is 2.10. The number of allylic oxidation sites excluding steroid dienone is 2. The Morgan fingerprint density at radius 1 is 1.00 bits per heavy atom. The maximum Gasteiger partial charge on any atom is 0.341 e. The molecule has 6 nitrogen and oxygen atoms in total. The van der Waals surface area contributed by atoms with Gasteiger partial charge in [0.1, 0.15) is 0 Å². The molecule has 14 heavy (non-hydrogen) atoms. The molecule has 0 aromatic heterocycles. The highest BCUT2D eigenvalue weighted by Crippen LogP contribution is 2.13. The van der Waals surface area contributed by atoms with Gasteiger partial charge in [0.2, 0.25) is 0 Å². The van der Waals surface area contributed by atoms with E-state index in [2.05, 4.69) is 0 Å². The van der Waals surface area contributed by atoms with E-state index in [-0.39, 0.29) is 0 Å². The van der Waals surface area contributed by atoms with E-state index in [1.165, 1.54) is 12.2 Å². The standard InChI is InChI=1S/C8H12N2O4/c1-3-5-7(9(11)12)8(6-4-2)10(13)14/h5-6H,3-4H2,1-2H3/b7-5+,8-6+. The molecule has 0 saturated carbocycles. The van der Waals surface area contributed by atoms with Crippen molar-refractivity contribution < 1.29 is 9.85 Å². The van der Waals surface area contributed by atoms with Crippen LogP contribution in [-0.4, -0.2) is 9.85 Å². The monoisotopic (exact) mass is 200 g/mol. The van der Waals surface area contributed by atoms with Crippen LogP contribution in [0, 0.1) is 20.2 Å². The van der Waals surface area contributed by atoms with Gasteiger partial charge in [0.05, 0.1) is 9.85 Å². The van der Waals surface area contributed by atoms with Gasteiger partial charge >= 0.3 is 11.4 Å². The Balaban J connectivity index is 5.15. The van der Waals surface area contributed by atoms with Gasteiger partial charge in [0, 0.05) is 12.2 Å². The number of rotatable bonds is 5. The van der Waals surface area contributed by atoms with Crippen molar-refractivity contribution in [2.45, 2.75) is 26.7 Å². The van der Waals surface area contributed by atoms with Crippen molar-refractivity contribution in [3.05, 3.63) is 43.8 Å². The Hall–Kier alpha value is -1.72. The smallest absolute Gasteiger partial charge is 0.258 e. The molecule has 0 rings (SSSR count). The second-order valence-electron chi connectivity index (χ2n) is 2.51. The van der Waals surface area contributed by atoms with Crippen molar-refractivity contribution in [3.63, 3.8) is 0 Å². The van der Waals surface area contributed by atoms with Gasteiger partial charge in [-0.05, 0) is 12.8 Å². The van der Waals surface area contributed by atoms with E-state index in [1.807, 2.05) is 0 Å². The molecule has 0 N–H and O–H groups in total. The largest absolute Gasteiger partial charge is 0.341 e. The first-order chi connectivity index (χ1) is 6.54. The van der Waals surface area contributed by atoms with Crippen LogP contribution in [0.1, 0.15) is 26.7 Å². The van der Waals surface area contributed by atoms with Crippen LogP contribution in [0.3, 0.4) is 0 Å². The molecular formula is C8H12N2O4. The number of nitrogens with zero attached hydrogens (tertiary/aromatic N) is 2. The molecule has 0 saturated heterocycles. The summed E-state index contributed by atoms with van der Waals surface area (Å²) in [6.07, 6.45) is 3.27. The van der Waals surface area contributed by atoms with Gasteiger partial charge in [-0.3, -0.25) is 20.2 Å². The fraction of sp³-hybridized carbons (Fsp3) is 0.500. The van der Waals surface area contributed by atoms with Gasteiger partial charge in [-0.15, -0.1) is 0 Å². The van der Waals surface area contributed by atoms with Crippen molar-refractivity contribution in [2.75, 3.05) is 0 Å². The minimum Gasteiger partial charge on any atom is -0.258 e. The Bertz CT molecular complexity index is 264. The molecular weight excluding hydrogens is 188 g/mol. The van der Waals surface area contributed by atoms with Gasteiger partial charge in [-0.1, -0.05) is 13.8 Å². The van der Waals surface area contributed by atoms with E-state index in [4.69, 9.17) is 0 Å². The van der Waals surface area contributed by atoms with Gasteiger partial charge in [0.25, 0.3) is 0 Å². The van der Waals surface area contributed by atoms with Crippen LogP contribution in [0.4, 0.5) is 0 Å². The highest BCUT2D eigenvalue weighted by atomic mass is 16.6. The molecule has 0 aliphatic rings. The first-order valence-corrected chi connectivity index (χ1v) is 4.24. The molecule has 0 aliphatic heterocycles. The van der Waals surface area contributed by atoms with Crippen LogP contribution in [0.25, 0.3) is 0 Å². The molecule has 78 valence electrons. The molecule has 0 unspecified atom stereocenters. The summed E-state index contributed by atoms with van der Waals surface area (Å²) in [4.78, 5) is 19.5. The summed E-state index contributed by atoms with van der Waals surface area (Å²) in [6, 6.07) is 0. The van der Waals surface area contributed by atoms with E-state index >= 15 is 0 Å². The zero-order valence-electron chi connectivity index (χ0n) is 8.10. The van der Waals surface area contributed by atoms with Crippen molar-refractivity contribution in [2.24, 2.45) is 0 Å². The van der Waals surface area contributed by atoms with Crippen molar-refractivity contribution in [1.29, 1.82) is 0 Å². The first kappa shape index (κ1) is 12.3. The van der Waals surface area contributed by atoms with Crippen LogP contribution in [0.15, 0.2) is 23.5 Å². The minimum absolute atomic E-state index is 0.394. The summed E-state index contributed by atoms with van der Waals surface area (Å²) >= 11 is 0. The Kier molecular flexibility index (Phi) is 5.13. The predicted molar refractivity (Wildman–Crippen MR) is 50.7 cm³/mol. The van der Waals surface area contributed by atoms with Gasteiger partial charge < -0.3 is 0 Å². The minimum atomic E-state index is -0.728. The molecule has 0 spiro atoms. The summed E-state index contributed by atoms with van der Waals surface area (Å²) in [5.74, 6) is 0. The highest BCUT2D eigenvalue weighted by molar-refractivity contribution is 5.17. The molecule has 0 amide bonds. The second-order valence-corrected chi connectivity index (χ2v) is 2.51. The van der Waals surface area contributed by atoms with Gasteiger partial charge in [-0.2, -0.15) is 0 Å². The fourth-order valence-electron chi connectivity index (χ4n) is 0.932. The third kappa shape index (κ3) is 3.34. The molecule has 0 radical (unpaired) electrons. The zero-order chi connectivity index (χ0) is 11.1. The SMILES string of the molecule is CC/C=C(\C(=C/CC)[N+](=O)[O-])[N+](=O)[O-]. The molecule has 0 fully saturated rings. The third-order valence-corrected chi connectivity index (χ3v) is 1.45. The maximum absolute atomic E-state index is 10.5. The molecule has 0 aromatic carbocycles. The fourth-order valence-corrected chi connectivity index (χ4v) is 0.932. The molecule has 6 heteroatoms. The van der Waals surface area contributed by atoms with Crippen LogP contribution >= 0.6 is 0 Å². The van der Waals surface area contributed by atoms with E-state index in [0.29, 0.717) is 12.8 Å². The van der Waals surface area contributed by atoms with Gasteiger partial charge in [-0.25, -0.2) is 0 Å². The third-order valence-electron chi connectivity index (χ3n) is 1.45. The van der Waals surface area contributed by atoms with Crippen molar-refractivity contribution >= 4 is 0 Å². The average molecular weight is 200 g/mol. The van der Waals surface area contributed by atoms with E-state index < -0.39 is 21.2 Å². The second kappa shape index (κ2) is 5.85. The number of hydrogen-bond donors (Lipinski definition) is 0. The summed E-state index contributed by atoms with van der Waals surface area (Å²) in [5.41, 5.74) is -0.862. The van der Waals surface area contributed by atoms with Crippen LogP contribution in [0.5, 0.6) is 0 Å². The van der Waals surface area contributed by atoms with Crippen LogP contribution < -0.4 is 0 Å². The first-order valence-electron chi connectivity index (χ1n) is 4.24. The van der Waals surface area contributed by atoms with E-state index in [9.17, 15) is 20.2 Å². The van der Waals surface area contributed by atoms with E-state index in [0.717, 1.165) is 0 Å². The number of hydrogen-bond acceptors (Lipinski definition) is 4. The Labute approximate surface area is 81.2 Å². The maximum atomic E-state index is 10.5. The zero-order valence-corrected chi connectivity index (χ0v) is 8.10. The molecule has 0 atom stereocenters. The summed E-state index contributed by atoms with van der Waals surface area (Å²) in [5, 5.41) is 21.0. The van der Waals surface area contributed by atoms with Crippen LogP contribution in [-0.2, 0) is 0 Å². The summed E-state index contributed by atoms with van der Waals surface area (Å²) < 4.78 is 0. The quantitative estimate of drug-likeness (QED) is 0.386. The topological polar surface area (TPSA) is 86.3 Å². The Morgan fingerprint density at radius 2 is 1.29 bits per heavy atom. The summed E-state index contributed by atoms with van der Waals surface area (Å²) in [6.45, 7) is 3.38. The predicted octanol–water partition coefficient (Wildman–Crippen LogP) is 2.13.